The van der Waals surface area contributed by atoms with Gasteiger partial charge in [0.2, 0.25) is 6.29 Å². The summed E-state index contributed by atoms with van der Waals surface area (Å²) in [6.45, 7) is 2.22. The molecule has 0 amide bonds. The fourth-order valence-corrected chi connectivity index (χ4v) is 4.01. The zero-order chi connectivity index (χ0) is 19.3. The number of carbonyl (C=O) groups is 2. The average molecular weight is 383 g/mol. The van der Waals surface area contributed by atoms with Gasteiger partial charge in [-0.05, 0) is 24.5 Å². The molecular formula is C20H30O5S. The van der Waals surface area contributed by atoms with Crippen molar-refractivity contribution in [1.29, 1.82) is 0 Å². The summed E-state index contributed by atoms with van der Waals surface area (Å²) < 4.78 is 28.5. The predicted octanol–water partition coefficient (Wildman–Crippen LogP) is 4.58. The Kier molecular flexibility index (Phi) is 10.9. The molecule has 0 spiro atoms. The largest absolute Gasteiger partial charge is 0.387 e. The van der Waals surface area contributed by atoms with Gasteiger partial charge in [0.1, 0.15) is 4.90 Å². The quantitative estimate of drug-likeness (QED) is 0.204. The topological polar surface area (TPSA) is 77.5 Å². The third-order valence-corrected chi connectivity index (χ3v) is 5.65. The van der Waals surface area contributed by atoms with Crippen molar-refractivity contribution in [2.45, 2.75) is 82.4 Å². The number of benzene rings is 1. The first-order valence-electron chi connectivity index (χ1n) is 9.52. The Balaban J connectivity index is 2.38. The van der Waals surface area contributed by atoms with E-state index in [1.54, 1.807) is 18.2 Å². The number of unbranched alkanes of at least 4 members (excludes halogenated alkanes) is 9. The van der Waals surface area contributed by atoms with Crippen LogP contribution in [0.4, 0.5) is 0 Å². The van der Waals surface area contributed by atoms with Crippen molar-refractivity contribution < 1.29 is 22.2 Å². The minimum Gasteiger partial charge on any atom is -0.335 e. The fourth-order valence-electron chi connectivity index (χ4n) is 2.93. The van der Waals surface area contributed by atoms with Gasteiger partial charge in [0.25, 0.3) is 0 Å². The number of hydrogen-bond acceptors (Lipinski definition) is 5. The highest BCUT2D eigenvalue weighted by molar-refractivity contribution is 7.87. The van der Waals surface area contributed by atoms with Gasteiger partial charge < -0.3 is 4.18 Å². The van der Waals surface area contributed by atoms with Gasteiger partial charge in [-0.25, -0.2) is 4.79 Å². The molecule has 0 aromatic heterocycles. The minimum absolute atomic E-state index is 0.0360. The second-order valence-corrected chi connectivity index (χ2v) is 8.03. The molecule has 0 radical (unpaired) electrons. The van der Waals surface area contributed by atoms with Gasteiger partial charge in [-0.1, -0.05) is 82.9 Å². The lowest BCUT2D eigenvalue weighted by atomic mass is 10.0. The summed E-state index contributed by atoms with van der Waals surface area (Å²) in [5, 5.41) is 0. The smallest absolute Gasteiger partial charge is 0.335 e. The van der Waals surface area contributed by atoms with E-state index in [1.807, 2.05) is 0 Å². The number of aldehydes is 1. The maximum absolute atomic E-state index is 12.1. The average Bonchev–Trinajstić information content (AvgIpc) is 2.63. The maximum Gasteiger partial charge on any atom is 0.387 e. The molecule has 0 saturated carbocycles. The van der Waals surface area contributed by atoms with Gasteiger partial charge in [0.15, 0.2) is 0 Å². The van der Waals surface area contributed by atoms with E-state index >= 15 is 0 Å². The van der Waals surface area contributed by atoms with Crippen molar-refractivity contribution in [2.75, 3.05) is 0 Å². The molecule has 0 fully saturated rings. The Morgan fingerprint density at radius 2 is 1.46 bits per heavy atom. The van der Waals surface area contributed by atoms with Crippen LogP contribution in [-0.2, 0) is 30.3 Å². The zero-order valence-corrected chi connectivity index (χ0v) is 16.4. The van der Waals surface area contributed by atoms with E-state index in [9.17, 15) is 18.0 Å². The summed E-state index contributed by atoms with van der Waals surface area (Å²) >= 11 is 0. The van der Waals surface area contributed by atoms with Gasteiger partial charge in [-0.3, -0.25) is 4.79 Å². The van der Waals surface area contributed by atoms with Crippen LogP contribution in [0.2, 0.25) is 0 Å². The van der Waals surface area contributed by atoms with Crippen LogP contribution < -0.4 is 0 Å². The van der Waals surface area contributed by atoms with Crippen LogP contribution in [0.3, 0.4) is 0 Å². The van der Waals surface area contributed by atoms with Crippen LogP contribution >= 0.6 is 0 Å². The Morgan fingerprint density at radius 1 is 0.923 bits per heavy atom. The minimum atomic E-state index is -4.25. The van der Waals surface area contributed by atoms with E-state index < -0.39 is 16.1 Å². The van der Waals surface area contributed by atoms with Crippen LogP contribution in [-0.4, -0.2) is 20.7 Å². The highest BCUT2D eigenvalue weighted by Gasteiger charge is 2.22. The molecule has 0 atom stereocenters. The molecule has 6 heteroatoms. The molecule has 0 aliphatic heterocycles. The van der Waals surface area contributed by atoms with Crippen molar-refractivity contribution in [3.63, 3.8) is 0 Å². The summed E-state index contributed by atoms with van der Waals surface area (Å²) in [6.07, 6.45) is 12.5. The Bertz CT molecular complexity index is 652. The first-order valence-corrected chi connectivity index (χ1v) is 10.9. The first kappa shape index (κ1) is 22.4. The summed E-state index contributed by atoms with van der Waals surface area (Å²) in [6, 6.07) is 6.45. The van der Waals surface area contributed by atoms with Crippen molar-refractivity contribution in [2.24, 2.45) is 0 Å². The van der Waals surface area contributed by atoms with Crippen molar-refractivity contribution in [3.8, 4) is 0 Å². The third kappa shape index (κ3) is 8.61. The lowest BCUT2D eigenvalue weighted by Crippen LogP contribution is -2.15. The molecule has 0 N–H and O–H groups in total. The summed E-state index contributed by atoms with van der Waals surface area (Å²) in [4.78, 5) is 21.3. The van der Waals surface area contributed by atoms with Crippen molar-refractivity contribution in [1.82, 2.24) is 0 Å². The van der Waals surface area contributed by atoms with Crippen LogP contribution in [0.1, 0.15) is 76.7 Å². The zero-order valence-electron chi connectivity index (χ0n) is 15.6. The molecule has 0 aliphatic rings. The van der Waals surface area contributed by atoms with E-state index in [-0.39, 0.29) is 11.2 Å². The molecule has 5 nitrogen and oxygen atoms in total. The Labute approximate surface area is 157 Å². The lowest BCUT2D eigenvalue weighted by molar-refractivity contribution is -0.140. The van der Waals surface area contributed by atoms with Crippen LogP contribution in [0.25, 0.3) is 0 Å². The highest BCUT2D eigenvalue weighted by Crippen LogP contribution is 2.20. The molecule has 0 unspecified atom stereocenters. The molecule has 1 aromatic carbocycles. The van der Waals surface area contributed by atoms with E-state index in [4.69, 9.17) is 0 Å². The molecule has 0 bridgehead atoms. The number of aryl methyl sites for hydroxylation is 1. The lowest BCUT2D eigenvalue weighted by Gasteiger charge is -2.09. The molecule has 1 aromatic rings. The standard InChI is InChI=1S/C20H30O5S/c1-2-3-4-5-6-7-8-9-10-11-14-18-15-12-13-16-19(18)26(23,24)25-20(22)17-21/h12-13,15-17H,2-11,14H2,1H3. The van der Waals surface area contributed by atoms with Crippen molar-refractivity contribution >= 4 is 22.4 Å². The van der Waals surface area contributed by atoms with Gasteiger partial charge >= 0.3 is 16.1 Å². The third-order valence-electron chi connectivity index (χ3n) is 4.33. The maximum atomic E-state index is 12.1. The van der Waals surface area contributed by atoms with Crippen molar-refractivity contribution in [3.05, 3.63) is 29.8 Å². The molecule has 1 rings (SSSR count). The molecule has 0 heterocycles. The van der Waals surface area contributed by atoms with Crippen LogP contribution in [0, 0.1) is 0 Å². The second kappa shape index (κ2) is 12.6. The first-order chi connectivity index (χ1) is 12.5. The van der Waals surface area contributed by atoms with E-state index in [1.165, 1.54) is 51.0 Å². The van der Waals surface area contributed by atoms with E-state index in [0.29, 0.717) is 12.0 Å². The van der Waals surface area contributed by atoms with Crippen LogP contribution in [0.5, 0.6) is 0 Å². The molecule has 146 valence electrons. The second-order valence-electron chi connectivity index (χ2n) is 6.51. The number of hydrogen-bond donors (Lipinski definition) is 0. The SMILES string of the molecule is CCCCCCCCCCCCc1ccccc1S(=O)(=O)OC(=O)C=O. The summed E-state index contributed by atoms with van der Waals surface area (Å²) in [5.74, 6) is -1.40. The molecule has 0 aliphatic carbocycles. The fraction of sp³-hybridized carbons (Fsp3) is 0.600. The van der Waals surface area contributed by atoms with Gasteiger partial charge in [0.05, 0.1) is 0 Å². The van der Waals surface area contributed by atoms with Gasteiger partial charge in [0, 0.05) is 0 Å². The van der Waals surface area contributed by atoms with Crippen LogP contribution in [0.15, 0.2) is 29.2 Å². The van der Waals surface area contributed by atoms with Gasteiger partial charge in [-0.2, -0.15) is 8.42 Å². The predicted molar refractivity (Wildman–Crippen MR) is 101 cm³/mol. The molecule has 0 saturated heterocycles. The molecule has 26 heavy (non-hydrogen) atoms. The summed E-state index contributed by atoms with van der Waals surface area (Å²) in [7, 11) is -4.25. The Hall–Kier alpha value is -1.69. The van der Waals surface area contributed by atoms with E-state index in [0.717, 1.165) is 19.3 Å². The molecular weight excluding hydrogens is 352 g/mol. The normalized spacial score (nSPS) is 11.3. The highest BCUT2D eigenvalue weighted by atomic mass is 32.2. The number of rotatable bonds is 14. The summed E-state index contributed by atoms with van der Waals surface area (Å²) in [5.41, 5.74) is 0.616. The number of carbonyl (C=O) groups excluding carboxylic acids is 2. The van der Waals surface area contributed by atoms with Gasteiger partial charge in [-0.15, -0.1) is 0 Å². The monoisotopic (exact) mass is 382 g/mol. The van der Waals surface area contributed by atoms with E-state index in [2.05, 4.69) is 11.1 Å². The Morgan fingerprint density at radius 3 is 2.04 bits per heavy atom.